The van der Waals surface area contributed by atoms with Gasteiger partial charge in [0.2, 0.25) is 0 Å². The van der Waals surface area contributed by atoms with E-state index in [4.69, 9.17) is 14.3 Å². The fraction of sp³-hybridized carbons (Fsp3) is 0.619. The van der Waals surface area contributed by atoms with E-state index in [2.05, 4.69) is 0 Å². The summed E-state index contributed by atoms with van der Waals surface area (Å²) in [6.45, 7) is 8.25. The molecule has 0 spiro atoms. The maximum absolute atomic E-state index is 11.8. The van der Waals surface area contributed by atoms with E-state index in [-0.39, 0.29) is 18.4 Å². The zero-order valence-corrected chi connectivity index (χ0v) is 17.1. The third-order valence-electron chi connectivity index (χ3n) is 4.47. The molecule has 1 aliphatic rings. The Balaban J connectivity index is 1.85. The van der Waals surface area contributed by atoms with Gasteiger partial charge in [0.1, 0.15) is 5.60 Å². The number of piperidine rings is 1. The Bertz CT molecular complexity index is 652. The van der Waals surface area contributed by atoms with Crippen molar-refractivity contribution in [3.63, 3.8) is 0 Å². The number of hydrogen-bond acceptors (Lipinski definition) is 7. The lowest BCUT2D eigenvalue weighted by molar-refractivity contribution is -0.170. The largest absolute Gasteiger partial charge is 0.528 e. The predicted octanol–water partition coefficient (Wildman–Crippen LogP) is 3.20. The first-order valence-electron chi connectivity index (χ1n) is 9.76. The second-order valence-electron chi connectivity index (χ2n) is 7.95. The number of carbonyl (C=O) groups excluding carboxylic acids is 2. The lowest BCUT2D eigenvalue weighted by atomic mass is 9.87. The van der Waals surface area contributed by atoms with Crippen molar-refractivity contribution in [1.82, 2.24) is 5.06 Å². The van der Waals surface area contributed by atoms with Gasteiger partial charge in [0.15, 0.2) is 0 Å². The first-order chi connectivity index (χ1) is 13.2. The smallest absolute Gasteiger partial charge is 0.466 e. The molecule has 0 aromatic heterocycles. The van der Waals surface area contributed by atoms with Crippen LogP contribution in [0.4, 0.5) is 4.79 Å². The highest BCUT2D eigenvalue weighted by molar-refractivity contribution is 5.69. The number of benzene rings is 1. The summed E-state index contributed by atoms with van der Waals surface area (Å²) in [5.74, 6) is -0.225. The highest BCUT2D eigenvalue weighted by atomic mass is 16.8. The molecule has 2 unspecified atom stereocenters. The monoisotopic (exact) mass is 393 g/mol. The van der Waals surface area contributed by atoms with Gasteiger partial charge in [-0.25, -0.2) is 4.79 Å². The highest BCUT2D eigenvalue weighted by Crippen LogP contribution is 2.29. The number of esters is 1. The van der Waals surface area contributed by atoms with Gasteiger partial charge in [-0.15, -0.1) is 5.06 Å². The van der Waals surface area contributed by atoms with Crippen molar-refractivity contribution in [3.05, 3.63) is 35.4 Å². The summed E-state index contributed by atoms with van der Waals surface area (Å²) < 4.78 is 10.1. The Morgan fingerprint density at radius 2 is 1.89 bits per heavy atom. The van der Waals surface area contributed by atoms with Crippen LogP contribution in [0.3, 0.4) is 0 Å². The van der Waals surface area contributed by atoms with Crippen LogP contribution < -0.4 is 0 Å². The molecule has 1 fully saturated rings. The number of carbonyl (C=O) groups is 2. The minimum Gasteiger partial charge on any atom is -0.466 e. The molecule has 0 aliphatic carbocycles. The fourth-order valence-electron chi connectivity index (χ4n) is 3.16. The maximum atomic E-state index is 11.8. The maximum Gasteiger partial charge on any atom is 0.528 e. The first kappa shape index (κ1) is 22.2. The van der Waals surface area contributed by atoms with Gasteiger partial charge < -0.3 is 19.4 Å². The molecule has 1 aromatic rings. The number of hydroxylamine groups is 2. The van der Waals surface area contributed by atoms with Crippen molar-refractivity contribution in [3.8, 4) is 0 Å². The Morgan fingerprint density at radius 3 is 2.46 bits per heavy atom. The quantitative estimate of drug-likeness (QED) is 0.743. The van der Waals surface area contributed by atoms with Gasteiger partial charge >= 0.3 is 12.1 Å². The van der Waals surface area contributed by atoms with E-state index in [1.54, 1.807) is 27.7 Å². The first-order valence-corrected chi connectivity index (χ1v) is 9.76. The number of aryl methyl sites for hydroxylation is 1. The topological polar surface area (TPSA) is 85.3 Å². The molecule has 156 valence electrons. The summed E-state index contributed by atoms with van der Waals surface area (Å²) >= 11 is 0. The minimum absolute atomic E-state index is 0.0300. The fourth-order valence-corrected chi connectivity index (χ4v) is 3.16. The van der Waals surface area contributed by atoms with Crippen LogP contribution in [0.2, 0.25) is 0 Å². The highest BCUT2D eigenvalue weighted by Gasteiger charge is 2.31. The summed E-state index contributed by atoms with van der Waals surface area (Å²) in [5, 5.41) is 12.0. The van der Waals surface area contributed by atoms with E-state index < -0.39 is 17.9 Å². The van der Waals surface area contributed by atoms with Gasteiger partial charge in [0, 0.05) is 18.9 Å². The second kappa shape index (κ2) is 9.89. The molecule has 1 N–H and O–H groups in total. The molecule has 2 rings (SSSR count). The van der Waals surface area contributed by atoms with Crippen molar-refractivity contribution in [2.45, 2.75) is 64.6 Å². The van der Waals surface area contributed by atoms with Crippen LogP contribution in [0.1, 0.15) is 57.6 Å². The molecule has 2 atom stereocenters. The van der Waals surface area contributed by atoms with E-state index >= 15 is 0 Å². The van der Waals surface area contributed by atoms with Crippen molar-refractivity contribution in [2.75, 3.05) is 19.7 Å². The lowest BCUT2D eigenvalue weighted by Gasteiger charge is -2.35. The number of hydrogen-bond donors (Lipinski definition) is 1. The van der Waals surface area contributed by atoms with Gasteiger partial charge in [0.05, 0.1) is 19.3 Å². The lowest BCUT2D eigenvalue weighted by Crippen LogP contribution is -2.44. The van der Waals surface area contributed by atoms with Gasteiger partial charge in [0.25, 0.3) is 0 Å². The van der Waals surface area contributed by atoms with E-state index in [0.717, 1.165) is 11.1 Å². The Kier molecular flexibility index (Phi) is 7.83. The number of ether oxygens (including phenoxy) is 2. The third kappa shape index (κ3) is 7.13. The molecule has 0 amide bonds. The normalized spacial score (nSPS) is 20.5. The zero-order valence-electron chi connectivity index (χ0n) is 17.1. The second-order valence-corrected chi connectivity index (χ2v) is 7.95. The molecule has 7 nitrogen and oxygen atoms in total. The summed E-state index contributed by atoms with van der Waals surface area (Å²) in [5.41, 5.74) is 1.46. The molecule has 7 heteroatoms. The van der Waals surface area contributed by atoms with Gasteiger partial charge in [-0.05, 0) is 51.7 Å². The molecule has 1 aromatic carbocycles. The Hall–Kier alpha value is -2.12. The van der Waals surface area contributed by atoms with E-state index in [9.17, 15) is 14.7 Å². The van der Waals surface area contributed by atoms with Crippen molar-refractivity contribution in [2.24, 2.45) is 0 Å². The summed E-state index contributed by atoms with van der Waals surface area (Å²) in [4.78, 5) is 28.4. The standard InChI is InChI=1S/C21H31NO6/c1-5-26-19(24)11-8-15-6-9-16(10-7-15)17-12-13-22(14-18(17)23)28-20(25)27-21(2,3)4/h6-7,9-10,17-18,23H,5,8,11-14H2,1-4H3. The van der Waals surface area contributed by atoms with Crippen LogP contribution in [0.5, 0.6) is 0 Å². The zero-order chi connectivity index (χ0) is 20.7. The van der Waals surface area contributed by atoms with Crippen molar-refractivity contribution < 1.29 is 29.0 Å². The van der Waals surface area contributed by atoms with Crippen LogP contribution >= 0.6 is 0 Å². The summed E-state index contributed by atoms with van der Waals surface area (Å²) in [6, 6.07) is 7.92. The molecular weight excluding hydrogens is 362 g/mol. The van der Waals surface area contributed by atoms with E-state index in [1.807, 2.05) is 24.3 Å². The van der Waals surface area contributed by atoms with Crippen LogP contribution in [0, 0.1) is 0 Å². The molecule has 0 bridgehead atoms. The SMILES string of the molecule is CCOC(=O)CCc1ccc(C2CCN(OC(=O)OC(C)(C)C)CC2O)cc1. The van der Waals surface area contributed by atoms with Crippen LogP contribution in [-0.2, 0) is 25.5 Å². The number of aliphatic hydroxyl groups excluding tert-OH is 1. The Labute approximate surface area is 166 Å². The molecule has 1 heterocycles. The third-order valence-corrected chi connectivity index (χ3v) is 4.47. The predicted molar refractivity (Wildman–Crippen MR) is 104 cm³/mol. The summed E-state index contributed by atoms with van der Waals surface area (Å²) in [7, 11) is 0. The van der Waals surface area contributed by atoms with Crippen molar-refractivity contribution in [1.29, 1.82) is 0 Å². The molecule has 28 heavy (non-hydrogen) atoms. The number of nitrogens with zero attached hydrogens (tertiary/aromatic N) is 1. The number of rotatable bonds is 6. The van der Waals surface area contributed by atoms with Crippen LogP contribution in [0.25, 0.3) is 0 Å². The van der Waals surface area contributed by atoms with Gasteiger partial charge in [-0.1, -0.05) is 24.3 Å². The molecule has 1 saturated heterocycles. The van der Waals surface area contributed by atoms with E-state index in [0.29, 0.717) is 32.4 Å². The minimum atomic E-state index is -0.760. The molecular formula is C21H31NO6. The molecule has 0 radical (unpaired) electrons. The van der Waals surface area contributed by atoms with Gasteiger partial charge in [-0.3, -0.25) is 4.79 Å². The van der Waals surface area contributed by atoms with Gasteiger partial charge in [-0.2, -0.15) is 0 Å². The van der Waals surface area contributed by atoms with Crippen molar-refractivity contribution >= 4 is 12.1 Å². The summed E-state index contributed by atoms with van der Waals surface area (Å²) in [6.07, 6.45) is 0.234. The molecule has 1 aliphatic heterocycles. The molecule has 0 saturated carbocycles. The van der Waals surface area contributed by atoms with E-state index in [1.165, 1.54) is 5.06 Å². The number of β-amino-alcohol motifs (C(OH)–C–C–N with tert-alkyl or cyclic N) is 1. The van der Waals surface area contributed by atoms with Crippen LogP contribution in [0.15, 0.2) is 24.3 Å². The number of aliphatic hydroxyl groups is 1. The average molecular weight is 393 g/mol. The Morgan fingerprint density at radius 1 is 1.21 bits per heavy atom. The average Bonchev–Trinajstić information content (AvgIpc) is 2.59. The van der Waals surface area contributed by atoms with Crippen LogP contribution in [-0.4, -0.2) is 53.7 Å².